The van der Waals surface area contributed by atoms with Crippen LogP contribution in [-0.2, 0) is 11.3 Å². The molecular weight excluding hydrogens is 414 g/mol. The van der Waals surface area contributed by atoms with E-state index < -0.39 is 17.8 Å². The molecule has 0 aliphatic rings. The van der Waals surface area contributed by atoms with Gasteiger partial charge in [0.05, 0.1) is 23.6 Å². The van der Waals surface area contributed by atoms with Crippen LogP contribution in [0.4, 0.5) is 4.39 Å². The largest absolute Gasteiger partial charge is 0.481 e. The molecule has 2 aromatic heterocycles. The third-order valence-corrected chi connectivity index (χ3v) is 3.62. The lowest BCUT2D eigenvalue weighted by atomic mass is 10.2. The van der Waals surface area contributed by atoms with E-state index in [1.807, 2.05) is 0 Å². The predicted octanol–water partition coefficient (Wildman–Crippen LogP) is 2.54. The zero-order valence-corrected chi connectivity index (χ0v) is 15.8. The number of tetrazole rings is 1. The van der Waals surface area contributed by atoms with Crippen molar-refractivity contribution < 1.29 is 19.0 Å². The summed E-state index contributed by atoms with van der Waals surface area (Å²) in [7, 11) is 0. The molecule has 3 aromatic rings. The van der Waals surface area contributed by atoms with Gasteiger partial charge in [-0.15, -0.1) is 22.6 Å². The van der Waals surface area contributed by atoms with Gasteiger partial charge in [-0.3, -0.25) is 4.79 Å². The second kappa shape index (κ2) is 9.40. The van der Waals surface area contributed by atoms with Gasteiger partial charge in [-0.1, -0.05) is 11.6 Å². The summed E-state index contributed by atoms with van der Waals surface area (Å²) < 4.78 is 19.9. The Morgan fingerprint density at radius 1 is 1.36 bits per heavy atom. The fourth-order valence-electron chi connectivity index (χ4n) is 2.21. The van der Waals surface area contributed by atoms with Crippen LogP contribution in [0.25, 0.3) is 11.4 Å². The standard InChI is InChI=1S/C16H14ClFN6O3.ClH/c17-9-1-4-14(20-7-9)27-11-2-3-12(13(18)6-11)16-21-23-24(22-16)8-10(19)5-15(25)26;/h1-4,6-7,10H,5,8,19H2,(H,25,26);1H/t10-;/m0./s1. The molecule has 12 heteroatoms. The van der Waals surface area contributed by atoms with Crippen LogP contribution >= 0.6 is 24.0 Å². The second-order valence-electron chi connectivity index (χ2n) is 5.58. The highest BCUT2D eigenvalue weighted by atomic mass is 35.5. The number of benzene rings is 1. The number of halogens is 3. The number of nitrogens with zero attached hydrogens (tertiary/aromatic N) is 5. The van der Waals surface area contributed by atoms with Crippen molar-refractivity contribution in [2.45, 2.75) is 19.0 Å². The van der Waals surface area contributed by atoms with E-state index in [9.17, 15) is 9.18 Å². The molecule has 0 aliphatic carbocycles. The van der Waals surface area contributed by atoms with Crippen molar-refractivity contribution in [2.24, 2.45) is 5.73 Å². The molecule has 3 rings (SSSR count). The van der Waals surface area contributed by atoms with Crippen LogP contribution in [0.15, 0.2) is 36.5 Å². The predicted molar refractivity (Wildman–Crippen MR) is 100 cm³/mol. The molecule has 0 saturated heterocycles. The van der Waals surface area contributed by atoms with E-state index in [4.69, 9.17) is 27.2 Å². The van der Waals surface area contributed by atoms with E-state index in [1.165, 1.54) is 24.4 Å². The quantitative estimate of drug-likeness (QED) is 0.586. The number of carbonyl (C=O) groups is 1. The Balaban J connectivity index is 0.00000280. The molecule has 2 heterocycles. The second-order valence-corrected chi connectivity index (χ2v) is 6.02. The monoisotopic (exact) mass is 428 g/mol. The number of aliphatic carboxylic acids is 1. The van der Waals surface area contributed by atoms with Crippen molar-refractivity contribution in [1.82, 2.24) is 25.2 Å². The fourth-order valence-corrected chi connectivity index (χ4v) is 2.32. The number of carboxylic acid groups (broad SMARTS) is 1. The molecule has 9 nitrogen and oxygen atoms in total. The van der Waals surface area contributed by atoms with Gasteiger partial charge in [0.1, 0.15) is 11.6 Å². The topological polar surface area (TPSA) is 129 Å². The fraction of sp³-hybridized carbons (Fsp3) is 0.188. The van der Waals surface area contributed by atoms with Crippen LogP contribution in [0.1, 0.15) is 6.42 Å². The summed E-state index contributed by atoms with van der Waals surface area (Å²) in [6.07, 6.45) is 1.18. The van der Waals surface area contributed by atoms with E-state index in [-0.39, 0.29) is 48.4 Å². The lowest BCUT2D eigenvalue weighted by molar-refractivity contribution is -0.137. The number of ether oxygens (including phenoxy) is 1. The van der Waals surface area contributed by atoms with Gasteiger partial charge in [-0.25, -0.2) is 9.37 Å². The molecule has 0 spiro atoms. The van der Waals surface area contributed by atoms with Gasteiger partial charge in [-0.2, -0.15) is 4.80 Å². The van der Waals surface area contributed by atoms with Crippen molar-refractivity contribution in [3.63, 3.8) is 0 Å². The number of rotatable bonds is 7. The first kappa shape index (κ1) is 21.5. The average molecular weight is 429 g/mol. The Morgan fingerprint density at radius 3 is 2.79 bits per heavy atom. The van der Waals surface area contributed by atoms with Crippen LogP contribution in [0.3, 0.4) is 0 Å². The Hall–Kier alpha value is -2.82. The van der Waals surface area contributed by atoms with Gasteiger partial charge in [-0.05, 0) is 23.4 Å². The highest BCUT2D eigenvalue weighted by molar-refractivity contribution is 6.30. The molecule has 0 bridgehead atoms. The maximum atomic E-state index is 14.4. The number of aromatic nitrogens is 5. The first-order valence-corrected chi connectivity index (χ1v) is 8.13. The lowest BCUT2D eigenvalue weighted by Gasteiger charge is -2.07. The van der Waals surface area contributed by atoms with Crippen molar-refractivity contribution >= 4 is 30.0 Å². The Bertz CT molecular complexity index is 954. The van der Waals surface area contributed by atoms with E-state index >= 15 is 0 Å². The lowest BCUT2D eigenvalue weighted by Crippen LogP contribution is -2.30. The molecule has 28 heavy (non-hydrogen) atoms. The van der Waals surface area contributed by atoms with E-state index in [1.54, 1.807) is 12.1 Å². The minimum Gasteiger partial charge on any atom is -0.481 e. The summed E-state index contributed by atoms with van der Waals surface area (Å²) in [6, 6.07) is 6.62. The molecule has 0 aliphatic heterocycles. The van der Waals surface area contributed by atoms with Crippen molar-refractivity contribution in [2.75, 3.05) is 0 Å². The molecule has 0 unspecified atom stereocenters. The van der Waals surface area contributed by atoms with Crippen LogP contribution in [0.5, 0.6) is 11.6 Å². The minimum atomic E-state index is -1.03. The van der Waals surface area contributed by atoms with Crippen LogP contribution < -0.4 is 10.5 Å². The smallest absolute Gasteiger partial charge is 0.304 e. The van der Waals surface area contributed by atoms with Gasteiger partial charge in [0, 0.05) is 24.4 Å². The molecule has 0 radical (unpaired) electrons. The molecule has 0 fully saturated rings. The normalized spacial score (nSPS) is 11.5. The highest BCUT2D eigenvalue weighted by Gasteiger charge is 2.15. The van der Waals surface area contributed by atoms with E-state index in [0.29, 0.717) is 5.02 Å². The number of carboxylic acids is 1. The Labute approximate surface area is 169 Å². The van der Waals surface area contributed by atoms with Crippen molar-refractivity contribution in [3.05, 3.63) is 47.4 Å². The molecule has 0 saturated carbocycles. The first-order chi connectivity index (χ1) is 12.9. The molecule has 1 atom stereocenters. The maximum absolute atomic E-state index is 14.4. The van der Waals surface area contributed by atoms with Gasteiger partial charge in [0.2, 0.25) is 11.7 Å². The zero-order chi connectivity index (χ0) is 19.4. The zero-order valence-electron chi connectivity index (χ0n) is 14.2. The molecule has 0 amide bonds. The summed E-state index contributed by atoms with van der Waals surface area (Å²) in [5.41, 5.74) is 5.79. The highest BCUT2D eigenvalue weighted by Crippen LogP contribution is 2.26. The maximum Gasteiger partial charge on any atom is 0.304 e. The number of hydrogen-bond acceptors (Lipinski definition) is 7. The first-order valence-electron chi connectivity index (χ1n) is 7.75. The average Bonchev–Trinajstić information content (AvgIpc) is 3.04. The summed E-state index contributed by atoms with van der Waals surface area (Å²) in [6.45, 7) is 0.0460. The van der Waals surface area contributed by atoms with Crippen LogP contribution in [0, 0.1) is 5.82 Å². The third kappa shape index (κ3) is 5.59. The van der Waals surface area contributed by atoms with Crippen LogP contribution in [-0.4, -0.2) is 42.3 Å². The van der Waals surface area contributed by atoms with Crippen LogP contribution in [0.2, 0.25) is 5.02 Å². The summed E-state index contributed by atoms with van der Waals surface area (Å²) in [5.74, 6) is -1.09. The number of hydrogen-bond donors (Lipinski definition) is 2. The van der Waals surface area contributed by atoms with Gasteiger partial charge < -0.3 is 15.6 Å². The minimum absolute atomic E-state index is 0. The summed E-state index contributed by atoms with van der Waals surface area (Å²) in [5, 5.41) is 20.7. The van der Waals surface area contributed by atoms with Gasteiger partial charge in [0.25, 0.3) is 0 Å². The Morgan fingerprint density at radius 2 is 2.14 bits per heavy atom. The number of pyridine rings is 1. The van der Waals surface area contributed by atoms with Crippen molar-refractivity contribution in [3.8, 4) is 23.0 Å². The van der Waals surface area contributed by atoms with Gasteiger partial charge >= 0.3 is 5.97 Å². The molecule has 1 aromatic carbocycles. The SMILES string of the molecule is Cl.N[C@@H](CC(=O)O)Cn1nnc(-c2ccc(Oc3ccc(Cl)cn3)cc2F)n1. The summed E-state index contributed by atoms with van der Waals surface area (Å²) >= 11 is 5.75. The molecule has 3 N–H and O–H groups in total. The molecule has 148 valence electrons. The Kier molecular flexibility index (Phi) is 7.21. The van der Waals surface area contributed by atoms with Crippen molar-refractivity contribution in [1.29, 1.82) is 0 Å². The molecular formula is C16H15Cl2FN6O3. The van der Waals surface area contributed by atoms with E-state index in [2.05, 4.69) is 20.4 Å². The third-order valence-electron chi connectivity index (χ3n) is 3.39. The van der Waals surface area contributed by atoms with E-state index in [0.717, 1.165) is 4.80 Å². The van der Waals surface area contributed by atoms with Gasteiger partial charge in [0.15, 0.2) is 0 Å². The summed E-state index contributed by atoms with van der Waals surface area (Å²) in [4.78, 5) is 15.7. The number of nitrogens with two attached hydrogens (primary N) is 1.